The first-order valence-corrected chi connectivity index (χ1v) is 15.2. The van der Waals surface area contributed by atoms with Gasteiger partial charge in [0, 0.05) is 38.4 Å². The van der Waals surface area contributed by atoms with E-state index in [0.29, 0.717) is 43.1 Å². The zero-order valence-electron chi connectivity index (χ0n) is 25.5. The molecule has 4 rings (SSSR count). The number of aryl methyl sites for hydroxylation is 1. The number of alkyl halides is 6. The second kappa shape index (κ2) is 13.7. The zero-order valence-corrected chi connectivity index (χ0v) is 25.5. The minimum atomic E-state index is -5.01. The first kappa shape index (κ1) is 34.7. The molecule has 0 aromatic heterocycles. The van der Waals surface area contributed by atoms with E-state index in [2.05, 4.69) is 4.90 Å². The number of nitrogens with zero attached hydrogens (tertiary/aromatic N) is 2. The van der Waals surface area contributed by atoms with Gasteiger partial charge < -0.3 is 14.9 Å². The third-order valence-corrected chi connectivity index (χ3v) is 9.61. The lowest BCUT2D eigenvalue weighted by Crippen LogP contribution is -2.47. The highest BCUT2D eigenvalue weighted by atomic mass is 19.4. The molecule has 1 aliphatic heterocycles. The Hall–Kier alpha value is -3.15. The molecule has 1 amide bonds. The number of rotatable bonds is 8. The topological polar surface area (TPSA) is 60.9 Å². The number of carbonyl (C=O) groups excluding carboxylic acids is 1. The Morgan fingerprint density at radius 1 is 0.933 bits per heavy atom. The number of hydrogen-bond donors (Lipinski definition) is 1. The molecule has 2 fully saturated rings. The van der Waals surface area contributed by atoms with Crippen LogP contribution in [0.15, 0.2) is 36.4 Å². The number of benzene rings is 2. The lowest BCUT2D eigenvalue weighted by Gasteiger charge is -2.42. The fourth-order valence-corrected chi connectivity index (χ4v) is 6.98. The summed E-state index contributed by atoms with van der Waals surface area (Å²) in [4.78, 5) is 28.6. The molecule has 1 saturated heterocycles. The Balaban J connectivity index is 1.56. The number of likely N-dealkylation sites (tertiary alicyclic amines) is 1. The highest BCUT2D eigenvalue weighted by Crippen LogP contribution is 2.41. The van der Waals surface area contributed by atoms with Crippen molar-refractivity contribution in [2.24, 2.45) is 17.8 Å². The predicted molar refractivity (Wildman–Crippen MR) is 154 cm³/mol. The normalized spacial score (nSPS) is 23.9. The standard InChI is InChI=1S/C33H39F7N2O3/c1-19-12-26(34)8-9-27(19)29-18-42(17-22-6-4-21(5-7-22)13-30(43)44)11-10-28(29)31(45)41(3)20(2)23-14-24(32(35,36)37)16-25(15-23)33(38,39)40/h8-9,12,14-16,20-22,28-29H,4-7,10-11,13,17-18H2,1-3H3,(H,43,44)/t20-,21-,22-,28-,29+/m0/s1. The third-order valence-electron chi connectivity index (χ3n) is 9.61. The van der Waals surface area contributed by atoms with Gasteiger partial charge in [-0.1, -0.05) is 6.07 Å². The van der Waals surface area contributed by atoms with Crippen LogP contribution in [-0.4, -0.2) is 53.5 Å². The van der Waals surface area contributed by atoms with Gasteiger partial charge in [0.25, 0.3) is 0 Å². The minimum Gasteiger partial charge on any atom is -0.481 e. The van der Waals surface area contributed by atoms with Gasteiger partial charge in [-0.2, -0.15) is 26.3 Å². The number of carboxylic acids is 1. The maximum absolute atomic E-state index is 14.0. The van der Waals surface area contributed by atoms with Crippen molar-refractivity contribution < 1.29 is 45.4 Å². The van der Waals surface area contributed by atoms with Gasteiger partial charge in [0.15, 0.2) is 0 Å². The van der Waals surface area contributed by atoms with Crippen molar-refractivity contribution in [1.82, 2.24) is 9.80 Å². The Labute approximate surface area is 258 Å². The van der Waals surface area contributed by atoms with E-state index in [9.17, 15) is 40.3 Å². The molecule has 0 radical (unpaired) electrons. The number of amides is 1. The molecule has 5 nitrogen and oxygen atoms in total. The molecule has 2 aromatic rings. The van der Waals surface area contributed by atoms with Gasteiger partial charge in [-0.05, 0) is 111 Å². The van der Waals surface area contributed by atoms with Crippen LogP contribution < -0.4 is 0 Å². The molecule has 1 aliphatic carbocycles. The van der Waals surface area contributed by atoms with Crippen molar-refractivity contribution in [3.05, 3.63) is 70.0 Å². The van der Waals surface area contributed by atoms with Gasteiger partial charge in [-0.3, -0.25) is 9.59 Å². The Bertz CT molecular complexity index is 1340. The van der Waals surface area contributed by atoms with E-state index in [1.807, 2.05) is 0 Å². The molecule has 2 aromatic carbocycles. The monoisotopic (exact) mass is 644 g/mol. The summed E-state index contributed by atoms with van der Waals surface area (Å²) in [6.45, 7) is 4.94. The Morgan fingerprint density at radius 3 is 2.04 bits per heavy atom. The number of aliphatic carboxylic acids is 1. The SMILES string of the molecule is Cc1cc(F)ccc1[C@H]1CN(C[C@H]2CC[C@H](CC(=O)O)CC2)CC[C@@H]1C(=O)N(C)[C@@H](C)c1cc(C(F)(F)F)cc(C(F)(F)F)c1. The zero-order chi connectivity index (χ0) is 33.3. The van der Waals surface area contributed by atoms with Crippen LogP contribution in [0, 0.1) is 30.5 Å². The molecule has 3 atom stereocenters. The first-order valence-electron chi connectivity index (χ1n) is 15.2. The summed E-state index contributed by atoms with van der Waals surface area (Å²) < 4.78 is 95.2. The van der Waals surface area contributed by atoms with Crippen molar-refractivity contribution >= 4 is 11.9 Å². The van der Waals surface area contributed by atoms with Crippen molar-refractivity contribution in [2.75, 3.05) is 26.7 Å². The average molecular weight is 645 g/mol. The van der Waals surface area contributed by atoms with Gasteiger partial charge in [0.05, 0.1) is 17.2 Å². The van der Waals surface area contributed by atoms with E-state index >= 15 is 0 Å². The fraction of sp³-hybridized carbons (Fsp3) is 0.576. The van der Waals surface area contributed by atoms with Crippen LogP contribution in [0.2, 0.25) is 0 Å². The molecule has 45 heavy (non-hydrogen) atoms. The van der Waals surface area contributed by atoms with E-state index in [-0.39, 0.29) is 29.9 Å². The smallest absolute Gasteiger partial charge is 0.416 e. The number of carbonyl (C=O) groups is 2. The van der Waals surface area contributed by atoms with Crippen LogP contribution in [0.3, 0.4) is 0 Å². The Morgan fingerprint density at radius 2 is 1.51 bits per heavy atom. The summed E-state index contributed by atoms with van der Waals surface area (Å²) in [5, 5.41) is 9.11. The van der Waals surface area contributed by atoms with Crippen molar-refractivity contribution in [2.45, 2.75) is 76.7 Å². The lowest BCUT2D eigenvalue weighted by atomic mass is 9.76. The quantitative estimate of drug-likeness (QED) is 0.295. The van der Waals surface area contributed by atoms with Crippen LogP contribution in [-0.2, 0) is 21.9 Å². The summed E-state index contributed by atoms with van der Waals surface area (Å²) in [5.74, 6) is -2.11. The largest absolute Gasteiger partial charge is 0.481 e. The molecule has 1 N–H and O–H groups in total. The summed E-state index contributed by atoms with van der Waals surface area (Å²) in [6, 6.07) is 4.63. The number of carboxylic acid groups (broad SMARTS) is 1. The summed E-state index contributed by atoms with van der Waals surface area (Å²) in [6.07, 6.45) is -5.99. The second-order valence-electron chi connectivity index (χ2n) is 12.7. The molecule has 12 heteroatoms. The summed E-state index contributed by atoms with van der Waals surface area (Å²) in [5.41, 5.74) is -1.74. The van der Waals surface area contributed by atoms with Crippen molar-refractivity contribution in [1.29, 1.82) is 0 Å². The predicted octanol–water partition coefficient (Wildman–Crippen LogP) is 8.08. The molecule has 0 spiro atoms. The number of halogens is 7. The van der Waals surface area contributed by atoms with Crippen LogP contribution >= 0.6 is 0 Å². The molecule has 1 saturated carbocycles. The van der Waals surface area contributed by atoms with E-state index in [0.717, 1.165) is 37.8 Å². The third kappa shape index (κ3) is 8.56. The molecule has 0 bridgehead atoms. The van der Waals surface area contributed by atoms with Crippen LogP contribution in [0.25, 0.3) is 0 Å². The second-order valence-corrected chi connectivity index (χ2v) is 12.7. The maximum atomic E-state index is 14.0. The van der Waals surface area contributed by atoms with Crippen LogP contribution in [0.5, 0.6) is 0 Å². The fourth-order valence-electron chi connectivity index (χ4n) is 6.98. The van der Waals surface area contributed by atoms with Crippen molar-refractivity contribution in [3.63, 3.8) is 0 Å². The first-order chi connectivity index (χ1) is 20.9. The van der Waals surface area contributed by atoms with Crippen LogP contribution in [0.4, 0.5) is 30.7 Å². The average Bonchev–Trinajstić information content (AvgIpc) is 2.95. The molecular formula is C33H39F7N2O3. The number of piperidine rings is 1. The molecule has 2 aliphatic rings. The summed E-state index contributed by atoms with van der Waals surface area (Å²) >= 11 is 0. The van der Waals surface area contributed by atoms with Gasteiger partial charge in [-0.15, -0.1) is 0 Å². The van der Waals surface area contributed by atoms with Crippen molar-refractivity contribution in [3.8, 4) is 0 Å². The van der Waals surface area contributed by atoms with Gasteiger partial charge >= 0.3 is 18.3 Å². The molecule has 1 heterocycles. The Kier molecular flexibility index (Phi) is 10.6. The molecule has 248 valence electrons. The maximum Gasteiger partial charge on any atom is 0.416 e. The molecule has 0 unspecified atom stereocenters. The van der Waals surface area contributed by atoms with Gasteiger partial charge in [0.2, 0.25) is 5.91 Å². The minimum absolute atomic E-state index is 0.0692. The van der Waals surface area contributed by atoms with E-state index in [4.69, 9.17) is 5.11 Å². The van der Waals surface area contributed by atoms with E-state index in [1.54, 1.807) is 13.0 Å². The van der Waals surface area contributed by atoms with Gasteiger partial charge in [0.1, 0.15) is 5.82 Å². The van der Waals surface area contributed by atoms with E-state index in [1.165, 1.54) is 31.0 Å². The highest BCUT2D eigenvalue weighted by molar-refractivity contribution is 5.80. The number of hydrogen-bond acceptors (Lipinski definition) is 3. The summed E-state index contributed by atoms with van der Waals surface area (Å²) in [7, 11) is 1.39. The van der Waals surface area contributed by atoms with Crippen LogP contribution in [0.1, 0.15) is 85.2 Å². The lowest BCUT2D eigenvalue weighted by molar-refractivity contribution is -0.143. The highest BCUT2D eigenvalue weighted by Gasteiger charge is 2.41. The van der Waals surface area contributed by atoms with E-state index < -0.39 is 53.1 Å². The van der Waals surface area contributed by atoms with Gasteiger partial charge in [-0.25, -0.2) is 4.39 Å². The molecular weight excluding hydrogens is 605 g/mol.